The van der Waals surface area contributed by atoms with Gasteiger partial charge in [0.15, 0.2) is 0 Å². The lowest BCUT2D eigenvalue weighted by Gasteiger charge is -2.37. The van der Waals surface area contributed by atoms with Crippen LogP contribution in [0.3, 0.4) is 0 Å². The summed E-state index contributed by atoms with van der Waals surface area (Å²) in [6.45, 7) is 7.68. The molecule has 2 unspecified atom stereocenters. The first kappa shape index (κ1) is 21.8. The Morgan fingerprint density at radius 3 is 2.31 bits per heavy atom. The van der Waals surface area contributed by atoms with Crippen LogP contribution in [0.5, 0.6) is 0 Å². The second kappa shape index (κ2) is 8.49. The van der Waals surface area contributed by atoms with Gasteiger partial charge in [0.1, 0.15) is 0 Å². The van der Waals surface area contributed by atoms with Crippen LogP contribution in [0.2, 0.25) is 0 Å². The normalized spacial score (nSPS) is 21.5. The Bertz CT molecular complexity index is 803. The van der Waals surface area contributed by atoms with Crippen molar-refractivity contribution in [2.24, 2.45) is 0 Å². The van der Waals surface area contributed by atoms with Gasteiger partial charge in [0.05, 0.1) is 11.2 Å². The molecule has 3 rings (SSSR count). The quantitative estimate of drug-likeness (QED) is 0.641. The maximum atomic E-state index is 13.3. The topological polar surface area (TPSA) is 21.3 Å². The molecule has 0 aliphatic carbocycles. The van der Waals surface area contributed by atoms with E-state index in [4.69, 9.17) is 4.74 Å². The van der Waals surface area contributed by atoms with Crippen molar-refractivity contribution in [3.63, 3.8) is 0 Å². The van der Waals surface area contributed by atoms with Crippen molar-refractivity contribution in [2.75, 3.05) is 13.2 Å². The number of benzene rings is 2. The number of nitrogens with one attached hydrogen (secondary N) is 1. The van der Waals surface area contributed by atoms with Gasteiger partial charge in [0.25, 0.3) is 0 Å². The predicted octanol–water partition coefficient (Wildman–Crippen LogP) is 5.95. The molecule has 158 valence electrons. The van der Waals surface area contributed by atoms with Crippen molar-refractivity contribution in [1.82, 2.24) is 5.32 Å². The highest BCUT2D eigenvalue weighted by Crippen LogP contribution is 2.38. The van der Waals surface area contributed by atoms with Crippen LogP contribution in [-0.4, -0.2) is 24.8 Å². The van der Waals surface area contributed by atoms with Gasteiger partial charge < -0.3 is 10.1 Å². The van der Waals surface area contributed by atoms with E-state index in [1.54, 1.807) is 6.07 Å². The van der Waals surface area contributed by atoms with Gasteiger partial charge in [0.2, 0.25) is 0 Å². The minimum atomic E-state index is -4.35. The molecular weight excluding hydrogens is 375 g/mol. The van der Waals surface area contributed by atoms with Crippen LogP contribution in [0.15, 0.2) is 54.6 Å². The first-order valence-electron chi connectivity index (χ1n) is 10.2. The van der Waals surface area contributed by atoms with Gasteiger partial charge in [-0.2, -0.15) is 13.2 Å². The van der Waals surface area contributed by atoms with Crippen molar-refractivity contribution < 1.29 is 17.9 Å². The van der Waals surface area contributed by atoms with Gasteiger partial charge in [-0.15, -0.1) is 0 Å². The van der Waals surface area contributed by atoms with Crippen LogP contribution in [0.25, 0.3) is 0 Å². The average molecular weight is 406 g/mol. The van der Waals surface area contributed by atoms with Gasteiger partial charge in [-0.1, -0.05) is 55.5 Å². The number of alkyl halides is 3. The molecule has 29 heavy (non-hydrogen) atoms. The molecule has 5 heteroatoms. The third kappa shape index (κ3) is 5.40. The molecule has 2 atom stereocenters. The van der Waals surface area contributed by atoms with Gasteiger partial charge in [0, 0.05) is 18.1 Å². The van der Waals surface area contributed by atoms with Crippen LogP contribution < -0.4 is 5.32 Å². The minimum Gasteiger partial charge on any atom is -0.375 e. The highest BCUT2D eigenvalue weighted by molar-refractivity contribution is 5.40. The van der Waals surface area contributed by atoms with E-state index in [1.165, 1.54) is 12.1 Å². The zero-order valence-electron chi connectivity index (χ0n) is 17.4. The van der Waals surface area contributed by atoms with E-state index in [2.05, 4.69) is 19.2 Å². The largest absolute Gasteiger partial charge is 0.416 e. The summed E-state index contributed by atoms with van der Waals surface area (Å²) >= 11 is 0. The van der Waals surface area contributed by atoms with Crippen molar-refractivity contribution in [3.05, 3.63) is 71.3 Å². The Kier molecular flexibility index (Phi) is 6.39. The number of ether oxygens (including phenoxy) is 1. The number of hydrogen-bond acceptors (Lipinski definition) is 2. The molecule has 0 radical (unpaired) electrons. The Balaban J connectivity index is 1.82. The van der Waals surface area contributed by atoms with Crippen molar-refractivity contribution in [2.45, 2.75) is 63.3 Å². The highest BCUT2D eigenvalue weighted by Gasteiger charge is 2.35. The molecule has 1 heterocycles. The fourth-order valence-corrected chi connectivity index (χ4v) is 4.23. The van der Waals surface area contributed by atoms with Gasteiger partial charge in [-0.05, 0) is 56.8 Å². The summed E-state index contributed by atoms with van der Waals surface area (Å²) < 4.78 is 45.7. The smallest absolute Gasteiger partial charge is 0.375 e. The molecule has 0 spiro atoms. The molecule has 1 fully saturated rings. The maximum Gasteiger partial charge on any atom is 0.416 e. The zero-order valence-corrected chi connectivity index (χ0v) is 17.4. The fourth-order valence-electron chi connectivity index (χ4n) is 4.23. The summed E-state index contributed by atoms with van der Waals surface area (Å²) in [5, 5.41) is 3.62. The molecule has 1 N–H and O–H groups in total. The zero-order chi connectivity index (χ0) is 21.1. The second-order valence-electron chi connectivity index (χ2n) is 8.78. The Morgan fingerprint density at radius 1 is 1.00 bits per heavy atom. The summed E-state index contributed by atoms with van der Waals surface area (Å²) in [6.07, 6.45) is -1.76. The monoisotopic (exact) mass is 405 g/mol. The molecule has 1 aliphatic heterocycles. The Morgan fingerprint density at radius 2 is 1.66 bits per heavy atom. The van der Waals surface area contributed by atoms with Crippen LogP contribution in [0, 0.1) is 0 Å². The molecule has 2 aromatic rings. The van der Waals surface area contributed by atoms with Crippen LogP contribution in [-0.2, 0) is 16.3 Å². The molecule has 1 saturated heterocycles. The molecule has 0 aromatic heterocycles. The van der Waals surface area contributed by atoms with Crippen molar-refractivity contribution >= 4 is 0 Å². The highest BCUT2D eigenvalue weighted by atomic mass is 19.4. The van der Waals surface area contributed by atoms with E-state index in [9.17, 15) is 13.2 Å². The van der Waals surface area contributed by atoms with E-state index in [0.717, 1.165) is 37.6 Å². The molecule has 2 nitrogen and oxygen atoms in total. The second-order valence-corrected chi connectivity index (χ2v) is 8.78. The molecule has 0 bridgehead atoms. The summed E-state index contributed by atoms with van der Waals surface area (Å²) in [5.41, 5.74) is 0.452. The van der Waals surface area contributed by atoms with Crippen LogP contribution in [0.4, 0.5) is 13.2 Å². The lowest BCUT2D eigenvalue weighted by atomic mass is 9.73. The molecule has 0 saturated carbocycles. The molecule has 1 aliphatic rings. The standard InChI is InChI=1S/C24H30F3NO/c1-22(2)17-21(12-15-29-22)28-14-13-23(3,18-8-5-4-6-9-18)19-10-7-11-20(16-19)24(25,26)27/h4-11,16,21,28H,12-15,17H2,1-3H3. The van der Waals surface area contributed by atoms with E-state index in [-0.39, 0.29) is 5.60 Å². The SMILES string of the molecule is CC1(C)CC(NCCC(C)(c2ccccc2)c2cccc(C(F)(F)F)c2)CCO1. The first-order chi connectivity index (χ1) is 13.6. The summed E-state index contributed by atoms with van der Waals surface area (Å²) in [6, 6.07) is 15.9. The lowest BCUT2D eigenvalue weighted by Crippen LogP contribution is -2.44. The van der Waals surface area contributed by atoms with Crippen LogP contribution >= 0.6 is 0 Å². The van der Waals surface area contributed by atoms with Crippen LogP contribution in [0.1, 0.15) is 56.7 Å². The molecule has 2 aromatic carbocycles. The summed E-state index contributed by atoms with van der Waals surface area (Å²) in [7, 11) is 0. The third-order valence-electron chi connectivity index (χ3n) is 5.99. The summed E-state index contributed by atoms with van der Waals surface area (Å²) in [5.74, 6) is 0. The average Bonchev–Trinajstić information content (AvgIpc) is 2.67. The third-order valence-corrected chi connectivity index (χ3v) is 5.99. The van der Waals surface area contributed by atoms with Gasteiger partial charge in [-0.25, -0.2) is 0 Å². The van der Waals surface area contributed by atoms with E-state index in [0.29, 0.717) is 18.0 Å². The molecule has 0 amide bonds. The van der Waals surface area contributed by atoms with Crippen molar-refractivity contribution in [3.8, 4) is 0 Å². The van der Waals surface area contributed by atoms with Gasteiger partial charge >= 0.3 is 6.18 Å². The van der Waals surface area contributed by atoms with Gasteiger partial charge in [-0.3, -0.25) is 0 Å². The number of halogens is 3. The lowest BCUT2D eigenvalue weighted by molar-refractivity contribution is -0.137. The maximum absolute atomic E-state index is 13.3. The Hall–Kier alpha value is -1.85. The van der Waals surface area contributed by atoms with Crippen molar-refractivity contribution in [1.29, 1.82) is 0 Å². The van der Waals surface area contributed by atoms with E-state index >= 15 is 0 Å². The van der Waals surface area contributed by atoms with E-state index < -0.39 is 17.2 Å². The van der Waals surface area contributed by atoms with E-state index in [1.807, 2.05) is 37.3 Å². The number of rotatable bonds is 6. The fraction of sp³-hybridized carbons (Fsp3) is 0.500. The molecular formula is C24H30F3NO. The minimum absolute atomic E-state index is 0.139. The predicted molar refractivity (Wildman–Crippen MR) is 110 cm³/mol. The Labute approximate surface area is 171 Å². The summed E-state index contributed by atoms with van der Waals surface area (Å²) in [4.78, 5) is 0. The number of hydrogen-bond donors (Lipinski definition) is 1. The first-order valence-corrected chi connectivity index (χ1v) is 10.2.